The van der Waals surface area contributed by atoms with Crippen LogP contribution in [0.4, 0.5) is 5.13 Å². The molecule has 1 aliphatic rings. The second kappa shape index (κ2) is 5.85. The highest BCUT2D eigenvalue weighted by Gasteiger charge is 2.29. The van der Waals surface area contributed by atoms with Crippen LogP contribution in [-0.2, 0) is 6.54 Å². The highest BCUT2D eigenvalue weighted by Crippen LogP contribution is 2.32. The highest BCUT2D eigenvalue weighted by atomic mass is 79.9. The maximum Gasteiger partial charge on any atom is 0.185 e. The van der Waals surface area contributed by atoms with E-state index in [0.29, 0.717) is 5.92 Å². The van der Waals surface area contributed by atoms with Gasteiger partial charge in [0.15, 0.2) is 5.13 Å². The van der Waals surface area contributed by atoms with Crippen molar-refractivity contribution in [1.29, 1.82) is 0 Å². The molecule has 4 nitrogen and oxygen atoms in total. The van der Waals surface area contributed by atoms with E-state index in [1.807, 2.05) is 23.1 Å². The topological polar surface area (TPSA) is 34.0 Å². The van der Waals surface area contributed by atoms with Gasteiger partial charge in [-0.25, -0.2) is 4.98 Å². The van der Waals surface area contributed by atoms with Gasteiger partial charge in [0, 0.05) is 42.7 Å². The fourth-order valence-electron chi connectivity index (χ4n) is 2.70. The summed E-state index contributed by atoms with van der Waals surface area (Å²) in [5, 5.41) is 7.58. The summed E-state index contributed by atoms with van der Waals surface area (Å²) in [4.78, 5) is 7.11. The van der Waals surface area contributed by atoms with Crippen LogP contribution in [0.5, 0.6) is 0 Å². The molecule has 112 valence electrons. The predicted molar refractivity (Wildman–Crippen MR) is 93.2 cm³/mol. The maximum atomic E-state index is 4.76. The zero-order valence-electron chi connectivity index (χ0n) is 11.9. The van der Waals surface area contributed by atoms with E-state index in [4.69, 9.17) is 4.98 Å². The van der Waals surface area contributed by atoms with Crippen LogP contribution in [0.2, 0.25) is 0 Å². The fraction of sp³-hybridized carbons (Fsp3) is 0.250. The Morgan fingerprint density at radius 3 is 2.77 bits per heavy atom. The van der Waals surface area contributed by atoms with Gasteiger partial charge in [0.1, 0.15) is 0 Å². The van der Waals surface area contributed by atoms with Gasteiger partial charge in [0.25, 0.3) is 0 Å². The average molecular weight is 375 g/mol. The Kier molecular flexibility index (Phi) is 3.72. The number of rotatable bonds is 4. The summed E-state index contributed by atoms with van der Waals surface area (Å²) in [7, 11) is 0. The molecule has 3 aromatic rings. The van der Waals surface area contributed by atoms with E-state index in [2.05, 4.69) is 55.6 Å². The molecule has 22 heavy (non-hydrogen) atoms. The molecule has 6 heteroatoms. The van der Waals surface area contributed by atoms with Crippen LogP contribution in [0.25, 0.3) is 11.3 Å². The third kappa shape index (κ3) is 2.80. The normalized spacial score (nSPS) is 15.0. The summed E-state index contributed by atoms with van der Waals surface area (Å²) in [5.41, 5.74) is 2.25. The zero-order chi connectivity index (χ0) is 14.9. The summed E-state index contributed by atoms with van der Waals surface area (Å²) >= 11 is 5.16. The van der Waals surface area contributed by atoms with Crippen molar-refractivity contribution < 1.29 is 0 Å². The summed E-state index contributed by atoms with van der Waals surface area (Å²) in [5.74, 6) is 0.649. The quantitative estimate of drug-likeness (QED) is 0.694. The molecule has 0 aliphatic carbocycles. The molecule has 0 N–H and O–H groups in total. The maximum absolute atomic E-state index is 4.76. The monoisotopic (exact) mass is 374 g/mol. The standard InChI is InChI=1S/C16H15BrN4S/c17-14-6-18-21(10-14)9-12-7-20(8-12)16-19-15(11-22-16)13-4-2-1-3-5-13/h1-6,10-12H,7-9H2. The first-order valence-electron chi connectivity index (χ1n) is 7.22. The first-order valence-corrected chi connectivity index (χ1v) is 8.89. The van der Waals surface area contributed by atoms with Crippen molar-refractivity contribution in [3.8, 4) is 11.3 Å². The number of halogens is 1. The zero-order valence-corrected chi connectivity index (χ0v) is 14.3. The lowest BCUT2D eigenvalue weighted by atomic mass is 10.0. The molecular formula is C16H15BrN4S. The Balaban J connectivity index is 1.38. The Hall–Kier alpha value is -1.66. The molecule has 0 atom stereocenters. The number of thiazole rings is 1. The average Bonchev–Trinajstić information content (AvgIpc) is 3.12. The van der Waals surface area contributed by atoms with E-state index in [-0.39, 0.29) is 0 Å². The minimum atomic E-state index is 0.649. The second-order valence-electron chi connectivity index (χ2n) is 5.53. The van der Waals surface area contributed by atoms with Crippen LogP contribution >= 0.6 is 27.3 Å². The van der Waals surface area contributed by atoms with Crippen LogP contribution in [-0.4, -0.2) is 27.9 Å². The molecule has 0 unspecified atom stereocenters. The highest BCUT2D eigenvalue weighted by molar-refractivity contribution is 9.10. The van der Waals surface area contributed by atoms with Gasteiger partial charge in [-0.2, -0.15) is 5.10 Å². The van der Waals surface area contributed by atoms with E-state index in [1.165, 1.54) is 5.56 Å². The summed E-state index contributed by atoms with van der Waals surface area (Å²) in [6.45, 7) is 3.08. The molecule has 3 heterocycles. The fourth-order valence-corrected chi connectivity index (χ4v) is 3.88. The Bertz CT molecular complexity index is 761. The van der Waals surface area contributed by atoms with Gasteiger partial charge in [-0.1, -0.05) is 30.3 Å². The third-order valence-electron chi connectivity index (χ3n) is 3.84. The summed E-state index contributed by atoms with van der Waals surface area (Å²) in [6, 6.07) is 10.3. The lowest BCUT2D eigenvalue weighted by Crippen LogP contribution is -2.48. The molecule has 2 aromatic heterocycles. The predicted octanol–water partition coefficient (Wildman–Crippen LogP) is 3.91. The molecule has 0 amide bonds. The van der Waals surface area contributed by atoms with Crippen LogP contribution in [0.3, 0.4) is 0 Å². The molecule has 0 saturated carbocycles. The van der Waals surface area contributed by atoms with E-state index in [0.717, 1.165) is 34.9 Å². The van der Waals surface area contributed by atoms with Crippen LogP contribution in [0, 0.1) is 5.92 Å². The van der Waals surface area contributed by atoms with Gasteiger partial charge in [-0.05, 0) is 15.9 Å². The number of benzene rings is 1. The third-order valence-corrected chi connectivity index (χ3v) is 5.15. The van der Waals surface area contributed by atoms with Crippen molar-refractivity contribution in [3.05, 3.63) is 52.6 Å². The lowest BCUT2D eigenvalue weighted by Gasteiger charge is -2.39. The number of nitrogens with zero attached hydrogens (tertiary/aromatic N) is 4. The van der Waals surface area contributed by atoms with Gasteiger partial charge in [0.2, 0.25) is 0 Å². The van der Waals surface area contributed by atoms with Gasteiger partial charge in [-0.15, -0.1) is 11.3 Å². The lowest BCUT2D eigenvalue weighted by molar-refractivity contribution is 0.342. The van der Waals surface area contributed by atoms with Gasteiger partial charge < -0.3 is 4.90 Å². The molecule has 0 radical (unpaired) electrons. The minimum Gasteiger partial charge on any atom is -0.347 e. The van der Waals surface area contributed by atoms with Crippen molar-refractivity contribution in [2.75, 3.05) is 18.0 Å². The van der Waals surface area contributed by atoms with E-state index in [9.17, 15) is 0 Å². The smallest absolute Gasteiger partial charge is 0.185 e. The van der Waals surface area contributed by atoms with E-state index >= 15 is 0 Å². The van der Waals surface area contributed by atoms with Gasteiger partial charge >= 0.3 is 0 Å². The van der Waals surface area contributed by atoms with Crippen molar-refractivity contribution in [2.24, 2.45) is 5.92 Å². The van der Waals surface area contributed by atoms with Crippen LogP contribution in [0.1, 0.15) is 0 Å². The number of hydrogen-bond acceptors (Lipinski definition) is 4. The molecule has 1 aliphatic heterocycles. The van der Waals surface area contributed by atoms with Crippen molar-refractivity contribution in [2.45, 2.75) is 6.54 Å². The largest absolute Gasteiger partial charge is 0.347 e. The number of aromatic nitrogens is 3. The Morgan fingerprint density at radius 2 is 2.05 bits per heavy atom. The molecule has 4 rings (SSSR count). The van der Waals surface area contributed by atoms with Gasteiger partial charge in [0.05, 0.1) is 16.4 Å². The van der Waals surface area contributed by atoms with Gasteiger partial charge in [-0.3, -0.25) is 4.68 Å². The first kappa shape index (κ1) is 14.0. The van der Waals surface area contributed by atoms with Crippen LogP contribution < -0.4 is 4.90 Å². The summed E-state index contributed by atoms with van der Waals surface area (Å²) < 4.78 is 3.04. The van der Waals surface area contributed by atoms with E-state index in [1.54, 1.807) is 11.3 Å². The SMILES string of the molecule is Brc1cnn(CC2CN(c3nc(-c4ccccc4)cs3)C2)c1. The molecule has 1 aromatic carbocycles. The van der Waals surface area contributed by atoms with Crippen molar-refractivity contribution >= 4 is 32.4 Å². The van der Waals surface area contributed by atoms with E-state index < -0.39 is 0 Å². The molecule has 0 bridgehead atoms. The Labute approximate surface area is 141 Å². The second-order valence-corrected chi connectivity index (χ2v) is 7.29. The molecule has 0 spiro atoms. The number of hydrogen-bond donors (Lipinski definition) is 0. The minimum absolute atomic E-state index is 0.649. The first-order chi connectivity index (χ1) is 10.8. The van der Waals surface area contributed by atoms with Crippen molar-refractivity contribution in [1.82, 2.24) is 14.8 Å². The van der Waals surface area contributed by atoms with Crippen molar-refractivity contribution in [3.63, 3.8) is 0 Å². The summed E-state index contributed by atoms with van der Waals surface area (Å²) in [6.07, 6.45) is 3.86. The Morgan fingerprint density at radius 1 is 1.23 bits per heavy atom. The molecular weight excluding hydrogens is 360 g/mol. The molecule has 1 fully saturated rings. The number of anilines is 1. The van der Waals surface area contributed by atoms with Crippen LogP contribution in [0.15, 0.2) is 52.6 Å². The molecule has 1 saturated heterocycles.